The first kappa shape index (κ1) is 12.5. The zero-order chi connectivity index (χ0) is 13.1. The number of aryl methyl sites for hydroxylation is 2. The second-order valence-electron chi connectivity index (χ2n) is 3.92. The molecule has 1 heterocycles. The minimum absolute atomic E-state index is 0.358. The third-order valence-corrected chi connectivity index (χ3v) is 3.25. The molecule has 90 valence electrons. The van der Waals surface area contributed by atoms with Gasteiger partial charge in [0.25, 0.3) is 0 Å². The van der Waals surface area contributed by atoms with Gasteiger partial charge in [-0.15, -0.1) is 0 Å². The Morgan fingerprint density at radius 3 is 2.67 bits per heavy atom. The monoisotopic (exact) mass is 302 g/mol. The molecule has 0 fully saturated rings. The number of hydrogen-bond donors (Lipinski definition) is 1. The van der Waals surface area contributed by atoms with Crippen molar-refractivity contribution in [2.24, 2.45) is 0 Å². The summed E-state index contributed by atoms with van der Waals surface area (Å²) in [7, 11) is 0. The maximum Gasteiger partial charge on any atom is 0.228 e. The van der Waals surface area contributed by atoms with Crippen LogP contribution < -0.4 is 5.32 Å². The van der Waals surface area contributed by atoms with Crippen molar-refractivity contribution in [3.05, 3.63) is 45.7 Å². The Morgan fingerprint density at radius 2 is 2.00 bits per heavy atom. The molecule has 0 saturated heterocycles. The normalized spacial score (nSPS) is 9.89. The molecule has 0 aliphatic carbocycles. The van der Waals surface area contributed by atoms with E-state index in [2.05, 4.69) is 31.2 Å². The van der Waals surface area contributed by atoms with Crippen LogP contribution in [0.3, 0.4) is 0 Å². The van der Waals surface area contributed by atoms with E-state index in [4.69, 9.17) is 5.26 Å². The van der Waals surface area contributed by atoms with Gasteiger partial charge in [-0.2, -0.15) is 5.26 Å². The summed E-state index contributed by atoms with van der Waals surface area (Å²) in [5.41, 5.74) is 3.15. The van der Waals surface area contributed by atoms with Crippen molar-refractivity contribution in [3.8, 4) is 6.07 Å². The van der Waals surface area contributed by atoms with Gasteiger partial charge in [0.2, 0.25) is 5.95 Å². The Bertz CT molecular complexity index is 631. The molecule has 0 aliphatic heterocycles. The van der Waals surface area contributed by atoms with Gasteiger partial charge in [-0.25, -0.2) is 9.97 Å². The Kier molecular flexibility index (Phi) is 3.58. The summed E-state index contributed by atoms with van der Waals surface area (Å²) >= 11 is 3.47. The highest BCUT2D eigenvalue weighted by molar-refractivity contribution is 9.10. The van der Waals surface area contributed by atoms with E-state index in [0.717, 1.165) is 21.4 Å². The van der Waals surface area contributed by atoms with Gasteiger partial charge >= 0.3 is 0 Å². The molecule has 0 radical (unpaired) electrons. The fourth-order valence-electron chi connectivity index (χ4n) is 1.48. The van der Waals surface area contributed by atoms with E-state index in [1.165, 1.54) is 0 Å². The first-order valence-electron chi connectivity index (χ1n) is 5.37. The molecule has 2 aromatic rings. The van der Waals surface area contributed by atoms with Gasteiger partial charge in [-0.05, 0) is 37.6 Å². The van der Waals surface area contributed by atoms with Crippen molar-refractivity contribution >= 4 is 27.6 Å². The fourth-order valence-corrected chi connectivity index (χ4v) is 1.86. The summed E-state index contributed by atoms with van der Waals surface area (Å²) in [6.07, 6.45) is 0. The van der Waals surface area contributed by atoms with Gasteiger partial charge in [0.1, 0.15) is 11.8 Å². The van der Waals surface area contributed by atoms with Gasteiger partial charge in [-0.1, -0.05) is 22.0 Å². The summed E-state index contributed by atoms with van der Waals surface area (Å²) in [5.74, 6) is 0.433. The zero-order valence-corrected chi connectivity index (χ0v) is 11.6. The van der Waals surface area contributed by atoms with Crippen LogP contribution in [0.15, 0.2) is 28.7 Å². The summed E-state index contributed by atoms with van der Waals surface area (Å²) in [6.45, 7) is 3.85. The predicted molar refractivity (Wildman–Crippen MR) is 73.6 cm³/mol. The molecule has 1 aromatic heterocycles. The smallest absolute Gasteiger partial charge is 0.228 e. The highest BCUT2D eigenvalue weighted by atomic mass is 79.9. The Labute approximate surface area is 114 Å². The Morgan fingerprint density at radius 1 is 1.22 bits per heavy atom. The number of rotatable bonds is 2. The first-order chi connectivity index (χ1) is 8.58. The molecule has 1 N–H and O–H groups in total. The summed E-state index contributed by atoms with van der Waals surface area (Å²) in [5, 5.41) is 11.9. The van der Waals surface area contributed by atoms with Crippen LogP contribution in [-0.2, 0) is 0 Å². The third-order valence-electron chi connectivity index (χ3n) is 2.40. The molecule has 0 saturated carbocycles. The molecular weight excluding hydrogens is 292 g/mol. The number of hydrogen-bond acceptors (Lipinski definition) is 4. The molecule has 0 bridgehead atoms. The SMILES string of the molecule is Cc1cc(C#N)nc(Nc2ccc(C)c(Br)c2)n1. The molecule has 2 rings (SSSR count). The Hall–Kier alpha value is -1.93. The van der Waals surface area contributed by atoms with E-state index >= 15 is 0 Å². The summed E-state index contributed by atoms with van der Waals surface area (Å²) < 4.78 is 1.01. The fraction of sp³-hybridized carbons (Fsp3) is 0.154. The standard InChI is InChI=1S/C13H11BrN4/c1-8-3-4-10(6-12(8)14)17-13-16-9(2)5-11(7-15)18-13/h3-6H,1-2H3,(H,16,17,18). The largest absolute Gasteiger partial charge is 0.324 e. The molecule has 0 atom stereocenters. The van der Waals surface area contributed by atoms with Crippen LogP contribution in [0, 0.1) is 25.2 Å². The maximum absolute atomic E-state index is 8.86. The van der Waals surface area contributed by atoms with E-state index in [9.17, 15) is 0 Å². The van der Waals surface area contributed by atoms with Crippen LogP contribution in [0.5, 0.6) is 0 Å². The number of nitrogens with zero attached hydrogens (tertiary/aromatic N) is 3. The number of nitrogens with one attached hydrogen (secondary N) is 1. The maximum atomic E-state index is 8.86. The van der Waals surface area contributed by atoms with Crippen molar-refractivity contribution in [1.29, 1.82) is 5.26 Å². The topological polar surface area (TPSA) is 61.6 Å². The van der Waals surface area contributed by atoms with Crippen LogP contribution in [0.1, 0.15) is 17.0 Å². The zero-order valence-electron chi connectivity index (χ0n) is 10.0. The molecular formula is C13H11BrN4. The van der Waals surface area contributed by atoms with E-state index < -0.39 is 0 Å². The van der Waals surface area contributed by atoms with Gasteiger partial charge in [0, 0.05) is 15.9 Å². The molecule has 0 spiro atoms. The molecule has 18 heavy (non-hydrogen) atoms. The molecule has 0 aliphatic rings. The van der Waals surface area contributed by atoms with E-state index in [-0.39, 0.29) is 0 Å². The van der Waals surface area contributed by atoms with Crippen LogP contribution in [0.25, 0.3) is 0 Å². The van der Waals surface area contributed by atoms with E-state index in [1.54, 1.807) is 6.07 Å². The second kappa shape index (κ2) is 5.15. The van der Waals surface area contributed by atoms with Crippen molar-refractivity contribution in [1.82, 2.24) is 9.97 Å². The lowest BCUT2D eigenvalue weighted by Crippen LogP contribution is -2.00. The highest BCUT2D eigenvalue weighted by Gasteiger charge is 2.03. The van der Waals surface area contributed by atoms with Gasteiger partial charge in [0.05, 0.1) is 0 Å². The van der Waals surface area contributed by atoms with Gasteiger partial charge < -0.3 is 5.32 Å². The molecule has 0 unspecified atom stereocenters. The summed E-state index contributed by atoms with van der Waals surface area (Å²) in [6, 6.07) is 9.55. The van der Waals surface area contributed by atoms with Crippen LogP contribution in [-0.4, -0.2) is 9.97 Å². The quantitative estimate of drug-likeness (QED) is 0.922. The van der Waals surface area contributed by atoms with Gasteiger partial charge in [0.15, 0.2) is 0 Å². The van der Waals surface area contributed by atoms with E-state index in [1.807, 2.05) is 38.1 Å². The lowest BCUT2D eigenvalue weighted by Gasteiger charge is -2.07. The predicted octanol–water partition coefficient (Wildman–Crippen LogP) is 3.47. The van der Waals surface area contributed by atoms with Crippen molar-refractivity contribution in [2.75, 3.05) is 5.32 Å². The average molecular weight is 303 g/mol. The molecule has 1 aromatic carbocycles. The average Bonchev–Trinajstić information content (AvgIpc) is 2.33. The number of benzene rings is 1. The number of nitriles is 1. The number of anilines is 2. The highest BCUT2D eigenvalue weighted by Crippen LogP contribution is 2.22. The molecule has 4 nitrogen and oxygen atoms in total. The second-order valence-corrected chi connectivity index (χ2v) is 4.77. The third kappa shape index (κ3) is 2.84. The van der Waals surface area contributed by atoms with Crippen molar-refractivity contribution < 1.29 is 0 Å². The molecule has 0 amide bonds. The number of aromatic nitrogens is 2. The number of halogens is 1. The van der Waals surface area contributed by atoms with Crippen LogP contribution in [0.2, 0.25) is 0 Å². The van der Waals surface area contributed by atoms with Crippen LogP contribution >= 0.6 is 15.9 Å². The Balaban J connectivity index is 2.31. The van der Waals surface area contributed by atoms with Crippen molar-refractivity contribution in [3.63, 3.8) is 0 Å². The lowest BCUT2D eigenvalue weighted by molar-refractivity contribution is 1.09. The first-order valence-corrected chi connectivity index (χ1v) is 6.17. The van der Waals surface area contributed by atoms with Crippen LogP contribution in [0.4, 0.5) is 11.6 Å². The molecule has 5 heteroatoms. The lowest BCUT2D eigenvalue weighted by atomic mass is 10.2. The van der Waals surface area contributed by atoms with Gasteiger partial charge in [-0.3, -0.25) is 0 Å². The van der Waals surface area contributed by atoms with Crippen molar-refractivity contribution in [2.45, 2.75) is 13.8 Å². The van der Waals surface area contributed by atoms with E-state index in [0.29, 0.717) is 11.6 Å². The summed E-state index contributed by atoms with van der Waals surface area (Å²) in [4.78, 5) is 8.34. The minimum Gasteiger partial charge on any atom is -0.324 e. The minimum atomic E-state index is 0.358.